The van der Waals surface area contributed by atoms with Gasteiger partial charge in [-0.15, -0.1) is 0 Å². The predicted octanol–water partition coefficient (Wildman–Crippen LogP) is 4.57. The summed E-state index contributed by atoms with van der Waals surface area (Å²) in [6.07, 6.45) is 0.741. The molecule has 0 fully saturated rings. The summed E-state index contributed by atoms with van der Waals surface area (Å²) in [5, 5.41) is 0.666. The molecule has 1 aliphatic rings. The topological polar surface area (TPSA) is 21.6 Å². The van der Waals surface area contributed by atoms with Crippen LogP contribution in [0.25, 0.3) is 0 Å². The van der Waals surface area contributed by atoms with E-state index in [1.807, 2.05) is 24.3 Å². The number of benzene rings is 1. The SMILES string of the molecule is Clc1cccc(C2CCOC(C(Cl)(Cl)Cl)=N2)c1. The molecule has 6 heteroatoms. The lowest BCUT2D eigenvalue weighted by Gasteiger charge is -2.24. The molecular weight excluding hydrogens is 304 g/mol. The Morgan fingerprint density at radius 1 is 1.29 bits per heavy atom. The third kappa shape index (κ3) is 3.41. The second-order valence-electron chi connectivity index (χ2n) is 3.64. The van der Waals surface area contributed by atoms with E-state index < -0.39 is 3.79 Å². The highest BCUT2D eigenvalue weighted by molar-refractivity contribution is 6.76. The number of aliphatic imine (C=N–C) groups is 1. The highest BCUT2D eigenvalue weighted by Gasteiger charge is 2.33. The molecule has 92 valence electrons. The number of hydrogen-bond donors (Lipinski definition) is 0. The van der Waals surface area contributed by atoms with E-state index in [9.17, 15) is 0 Å². The van der Waals surface area contributed by atoms with Crippen molar-refractivity contribution in [2.45, 2.75) is 16.3 Å². The van der Waals surface area contributed by atoms with Gasteiger partial charge in [-0.3, -0.25) is 0 Å². The van der Waals surface area contributed by atoms with E-state index in [1.54, 1.807) is 0 Å². The summed E-state index contributed by atoms with van der Waals surface area (Å²) in [4.78, 5) is 4.30. The van der Waals surface area contributed by atoms with Gasteiger partial charge in [0.25, 0.3) is 3.79 Å². The highest BCUT2D eigenvalue weighted by Crippen LogP contribution is 2.34. The fourth-order valence-corrected chi connectivity index (χ4v) is 2.13. The van der Waals surface area contributed by atoms with Crippen LogP contribution in [0.5, 0.6) is 0 Å². The molecule has 1 aromatic rings. The zero-order valence-corrected chi connectivity index (χ0v) is 11.7. The summed E-state index contributed by atoms with van der Waals surface area (Å²) < 4.78 is 3.63. The molecule has 0 spiro atoms. The largest absolute Gasteiger partial charge is 0.478 e. The van der Waals surface area contributed by atoms with Gasteiger partial charge < -0.3 is 4.74 Å². The van der Waals surface area contributed by atoms with Crippen molar-refractivity contribution in [3.8, 4) is 0 Å². The van der Waals surface area contributed by atoms with Crippen molar-refractivity contribution in [2.24, 2.45) is 4.99 Å². The van der Waals surface area contributed by atoms with Crippen molar-refractivity contribution in [3.05, 3.63) is 34.9 Å². The molecule has 1 atom stereocenters. The summed E-state index contributed by atoms with van der Waals surface area (Å²) in [6.45, 7) is 0.476. The molecule has 0 aliphatic carbocycles. The molecule has 17 heavy (non-hydrogen) atoms. The molecule has 1 heterocycles. The van der Waals surface area contributed by atoms with Gasteiger partial charge in [-0.05, 0) is 17.7 Å². The summed E-state index contributed by atoms with van der Waals surface area (Å²) in [5.41, 5.74) is 0.993. The van der Waals surface area contributed by atoms with E-state index in [0.29, 0.717) is 11.6 Å². The van der Waals surface area contributed by atoms with Gasteiger partial charge in [-0.25, -0.2) is 4.99 Å². The molecule has 1 unspecified atom stereocenters. The van der Waals surface area contributed by atoms with E-state index in [2.05, 4.69) is 4.99 Å². The molecular formula is C11H9Cl4NO. The maximum absolute atomic E-state index is 5.93. The van der Waals surface area contributed by atoms with Crippen LogP contribution in [0.1, 0.15) is 18.0 Å². The molecule has 0 N–H and O–H groups in total. The highest BCUT2D eigenvalue weighted by atomic mass is 35.6. The van der Waals surface area contributed by atoms with Crippen LogP contribution in [0.4, 0.5) is 0 Å². The first kappa shape index (κ1) is 13.3. The van der Waals surface area contributed by atoms with E-state index in [1.165, 1.54) is 0 Å². The zero-order valence-electron chi connectivity index (χ0n) is 8.67. The van der Waals surface area contributed by atoms with Gasteiger partial charge in [0.2, 0.25) is 5.90 Å². The van der Waals surface area contributed by atoms with Crippen LogP contribution in [-0.4, -0.2) is 16.3 Å². The molecule has 0 bridgehead atoms. The van der Waals surface area contributed by atoms with Gasteiger partial charge >= 0.3 is 0 Å². The first-order valence-electron chi connectivity index (χ1n) is 5.00. The minimum absolute atomic E-state index is 0.0759. The normalized spacial score (nSPS) is 20.7. The number of halogens is 4. The second kappa shape index (κ2) is 5.23. The molecule has 1 aliphatic heterocycles. The molecule has 0 radical (unpaired) electrons. The number of nitrogens with zero attached hydrogens (tertiary/aromatic N) is 1. The fourth-order valence-electron chi connectivity index (χ4n) is 1.62. The Morgan fingerprint density at radius 2 is 2.06 bits per heavy atom. The first-order valence-corrected chi connectivity index (χ1v) is 6.51. The maximum atomic E-state index is 5.93. The Morgan fingerprint density at radius 3 is 2.71 bits per heavy atom. The van der Waals surface area contributed by atoms with E-state index in [4.69, 9.17) is 51.1 Å². The van der Waals surface area contributed by atoms with Crippen molar-refractivity contribution in [1.29, 1.82) is 0 Å². The van der Waals surface area contributed by atoms with E-state index in [0.717, 1.165) is 12.0 Å². The lowest BCUT2D eigenvalue weighted by Crippen LogP contribution is -2.27. The molecule has 0 saturated heterocycles. The third-order valence-electron chi connectivity index (χ3n) is 2.38. The molecule has 2 rings (SSSR count). The predicted molar refractivity (Wildman–Crippen MR) is 72.5 cm³/mol. The lowest BCUT2D eigenvalue weighted by molar-refractivity contribution is 0.255. The van der Waals surface area contributed by atoms with Gasteiger partial charge in [0, 0.05) is 11.4 Å². The average molecular weight is 313 g/mol. The Hall–Kier alpha value is -0.150. The Bertz CT molecular complexity index is 441. The number of hydrogen-bond acceptors (Lipinski definition) is 2. The Balaban J connectivity index is 2.28. The zero-order chi connectivity index (χ0) is 12.5. The minimum Gasteiger partial charge on any atom is -0.478 e. The van der Waals surface area contributed by atoms with Gasteiger partial charge in [0.05, 0.1) is 12.6 Å². The summed E-state index contributed by atoms with van der Waals surface area (Å²) in [6, 6.07) is 7.41. The smallest absolute Gasteiger partial charge is 0.266 e. The van der Waals surface area contributed by atoms with Crippen LogP contribution in [0, 0.1) is 0 Å². The van der Waals surface area contributed by atoms with Crippen LogP contribution in [-0.2, 0) is 4.74 Å². The summed E-state index contributed by atoms with van der Waals surface area (Å²) in [7, 11) is 0. The van der Waals surface area contributed by atoms with Crippen LogP contribution >= 0.6 is 46.4 Å². The lowest BCUT2D eigenvalue weighted by atomic mass is 10.0. The van der Waals surface area contributed by atoms with Crippen molar-refractivity contribution < 1.29 is 4.74 Å². The van der Waals surface area contributed by atoms with Crippen molar-refractivity contribution in [1.82, 2.24) is 0 Å². The van der Waals surface area contributed by atoms with Gasteiger partial charge in [0.15, 0.2) is 0 Å². The number of rotatable bonds is 1. The van der Waals surface area contributed by atoms with Crippen LogP contribution < -0.4 is 0 Å². The third-order valence-corrected chi connectivity index (χ3v) is 3.10. The van der Waals surface area contributed by atoms with Crippen LogP contribution in [0.3, 0.4) is 0 Å². The monoisotopic (exact) mass is 311 g/mol. The molecule has 0 amide bonds. The van der Waals surface area contributed by atoms with Crippen molar-refractivity contribution in [3.63, 3.8) is 0 Å². The first-order chi connectivity index (χ1) is 7.97. The fraction of sp³-hybridized carbons (Fsp3) is 0.364. The number of ether oxygens (including phenoxy) is 1. The quantitative estimate of drug-likeness (QED) is 0.696. The minimum atomic E-state index is -1.61. The van der Waals surface area contributed by atoms with Gasteiger partial charge in [-0.2, -0.15) is 0 Å². The molecule has 2 nitrogen and oxygen atoms in total. The average Bonchev–Trinajstić information content (AvgIpc) is 2.28. The Kier molecular flexibility index (Phi) is 4.09. The van der Waals surface area contributed by atoms with E-state index in [-0.39, 0.29) is 11.9 Å². The standard InChI is InChI=1S/C11H9Cl4NO/c12-8-3-1-2-7(6-8)9-4-5-17-10(16-9)11(13,14)15/h1-3,6,9H,4-5H2. The van der Waals surface area contributed by atoms with Crippen LogP contribution in [0.15, 0.2) is 29.3 Å². The van der Waals surface area contributed by atoms with E-state index >= 15 is 0 Å². The van der Waals surface area contributed by atoms with Gasteiger partial charge in [0.1, 0.15) is 0 Å². The second-order valence-corrected chi connectivity index (χ2v) is 6.36. The molecule has 0 saturated carbocycles. The summed E-state index contributed by atoms with van der Waals surface area (Å²) in [5.74, 6) is 0.138. The van der Waals surface area contributed by atoms with Crippen molar-refractivity contribution in [2.75, 3.05) is 6.61 Å². The summed E-state index contributed by atoms with van der Waals surface area (Å²) >= 11 is 23.2. The molecule has 0 aromatic heterocycles. The molecule has 1 aromatic carbocycles. The van der Waals surface area contributed by atoms with Crippen molar-refractivity contribution >= 4 is 52.3 Å². The maximum Gasteiger partial charge on any atom is 0.266 e. The van der Waals surface area contributed by atoms with Crippen LogP contribution in [0.2, 0.25) is 5.02 Å². The Labute approximate surface area is 119 Å². The number of alkyl halides is 3. The van der Waals surface area contributed by atoms with Gasteiger partial charge in [-0.1, -0.05) is 58.5 Å².